The first-order valence-corrected chi connectivity index (χ1v) is 8.72. The maximum atomic E-state index is 13.4. The van der Waals surface area contributed by atoms with E-state index in [1.165, 1.54) is 6.07 Å². The van der Waals surface area contributed by atoms with E-state index in [-0.39, 0.29) is 36.8 Å². The van der Waals surface area contributed by atoms with E-state index in [0.29, 0.717) is 13.1 Å². The third-order valence-corrected chi connectivity index (χ3v) is 4.99. The highest BCUT2D eigenvalue weighted by molar-refractivity contribution is 5.76. The number of hydrogen-bond donors (Lipinski definition) is 1. The molecule has 1 saturated heterocycles. The number of amides is 1. The van der Waals surface area contributed by atoms with Gasteiger partial charge in [-0.05, 0) is 31.4 Å². The third-order valence-electron chi connectivity index (χ3n) is 4.99. The van der Waals surface area contributed by atoms with Crippen LogP contribution in [0.15, 0.2) is 24.3 Å². The number of hydrogen-bond acceptors (Lipinski definition) is 4. The molecule has 5 nitrogen and oxygen atoms in total. The van der Waals surface area contributed by atoms with Crippen LogP contribution in [0.25, 0.3) is 0 Å². The molecule has 0 radical (unpaired) electrons. The van der Waals surface area contributed by atoms with E-state index in [1.807, 2.05) is 4.90 Å². The minimum absolute atomic E-state index is 0.0398. The van der Waals surface area contributed by atoms with Crippen molar-refractivity contribution in [1.82, 2.24) is 9.80 Å². The Morgan fingerprint density at radius 2 is 1.96 bits per heavy atom. The van der Waals surface area contributed by atoms with Crippen LogP contribution in [-0.2, 0) is 4.79 Å². The Labute approximate surface area is 142 Å². The lowest BCUT2D eigenvalue weighted by molar-refractivity contribution is -0.134. The summed E-state index contributed by atoms with van der Waals surface area (Å²) in [6.07, 6.45) is 3.04. The van der Waals surface area contributed by atoms with Crippen LogP contribution in [0.2, 0.25) is 0 Å². The first kappa shape index (κ1) is 17.2. The number of carbonyl (C=O) groups excluding carboxylic acids is 1. The van der Waals surface area contributed by atoms with Crippen molar-refractivity contribution in [3.8, 4) is 5.75 Å². The topological polar surface area (TPSA) is 53.0 Å². The van der Waals surface area contributed by atoms with Gasteiger partial charge in [0.1, 0.15) is 0 Å². The summed E-state index contributed by atoms with van der Waals surface area (Å²) >= 11 is 0. The van der Waals surface area contributed by atoms with E-state index in [0.717, 1.165) is 32.4 Å². The number of aliphatic hydroxyl groups is 1. The highest BCUT2D eigenvalue weighted by atomic mass is 19.1. The van der Waals surface area contributed by atoms with Crippen LogP contribution in [0.5, 0.6) is 5.75 Å². The van der Waals surface area contributed by atoms with Crippen LogP contribution < -0.4 is 4.74 Å². The molecule has 1 amide bonds. The SMILES string of the molecule is O=C(CCOc1ccccc1F)N1CCN([C@H]2CCC[C@@H]2O)CC1. The Hall–Kier alpha value is -1.66. The monoisotopic (exact) mass is 336 g/mol. The summed E-state index contributed by atoms with van der Waals surface area (Å²) in [4.78, 5) is 16.4. The van der Waals surface area contributed by atoms with Gasteiger partial charge in [-0.1, -0.05) is 12.1 Å². The molecule has 132 valence electrons. The molecule has 0 unspecified atom stereocenters. The summed E-state index contributed by atoms with van der Waals surface area (Å²) < 4.78 is 18.8. The van der Waals surface area contributed by atoms with Crippen LogP contribution in [0, 0.1) is 5.82 Å². The molecular formula is C18H25FN2O3. The van der Waals surface area contributed by atoms with Gasteiger partial charge in [-0.2, -0.15) is 0 Å². The van der Waals surface area contributed by atoms with Gasteiger partial charge in [-0.25, -0.2) is 4.39 Å². The summed E-state index contributed by atoms with van der Waals surface area (Å²) in [6.45, 7) is 3.16. The largest absolute Gasteiger partial charge is 0.490 e. The molecule has 1 aromatic rings. The van der Waals surface area contributed by atoms with Crippen molar-refractivity contribution in [2.24, 2.45) is 0 Å². The highest BCUT2D eigenvalue weighted by Gasteiger charge is 2.33. The molecule has 1 N–H and O–H groups in total. The zero-order valence-corrected chi connectivity index (χ0v) is 13.9. The Morgan fingerprint density at radius 1 is 1.21 bits per heavy atom. The van der Waals surface area contributed by atoms with Gasteiger partial charge >= 0.3 is 0 Å². The Kier molecular flexibility index (Phi) is 5.68. The van der Waals surface area contributed by atoms with Gasteiger partial charge in [0.25, 0.3) is 0 Å². The molecule has 2 atom stereocenters. The molecule has 0 aromatic heterocycles. The molecule has 3 rings (SSSR count). The van der Waals surface area contributed by atoms with Gasteiger partial charge in [0, 0.05) is 32.2 Å². The molecule has 24 heavy (non-hydrogen) atoms. The minimum atomic E-state index is -0.409. The Bertz CT molecular complexity index is 561. The number of halogens is 1. The fourth-order valence-electron chi connectivity index (χ4n) is 3.62. The zero-order chi connectivity index (χ0) is 16.9. The second kappa shape index (κ2) is 7.94. The van der Waals surface area contributed by atoms with Gasteiger partial charge in [0.05, 0.1) is 19.1 Å². The number of nitrogens with zero attached hydrogens (tertiary/aromatic N) is 2. The second-order valence-electron chi connectivity index (χ2n) is 6.51. The maximum absolute atomic E-state index is 13.4. The standard InChI is InChI=1S/C18H25FN2O3/c19-14-4-1-2-7-17(14)24-13-8-18(23)21-11-9-20(10-12-21)15-5-3-6-16(15)22/h1-2,4,7,15-16,22H,3,5-6,8-13H2/t15-,16-/m0/s1. The second-order valence-corrected chi connectivity index (χ2v) is 6.51. The number of para-hydroxylation sites is 1. The quantitative estimate of drug-likeness (QED) is 0.888. The van der Waals surface area contributed by atoms with Crippen molar-refractivity contribution < 1.29 is 19.0 Å². The first-order valence-electron chi connectivity index (χ1n) is 8.72. The van der Waals surface area contributed by atoms with Crippen molar-refractivity contribution in [3.05, 3.63) is 30.1 Å². The highest BCUT2D eigenvalue weighted by Crippen LogP contribution is 2.25. The number of piperazine rings is 1. The molecule has 2 fully saturated rings. The third kappa shape index (κ3) is 4.05. The van der Waals surface area contributed by atoms with Gasteiger partial charge in [-0.15, -0.1) is 0 Å². The predicted molar refractivity (Wildman–Crippen MR) is 88.3 cm³/mol. The first-order chi connectivity index (χ1) is 11.6. The predicted octanol–water partition coefficient (Wildman–Crippen LogP) is 1.65. The molecular weight excluding hydrogens is 311 g/mol. The van der Waals surface area contributed by atoms with E-state index in [9.17, 15) is 14.3 Å². The van der Waals surface area contributed by atoms with E-state index < -0.39 is 5.82 Å². The molecule has 1 aromatic carbocycles. The van der Waals surface area contributed by atoms with Crippen LogP contribution in [-0.4, -0.2) is 65.7 Å². The number of benzene rings is 1. The average Bonchev–Trinajstić information content (AvgIpc) is 3.03. The maximum Gasteiger partial charge on any atom is 0.226 e. The Morgan fingerprint density at radius 3 is 2.62 bits per heavy atom. The molecule has 1 aliphatic carbocycles. The average molecular weight is 336 g/mol. The molecule has 2 aliphatic rings. The lowest BCUT2D eigenvalue weighted by Gasteiger charge is -2.39. The minimum Gasteiger partial charge on any atom is -0.490 e. The number of carbonyl (C=O) groups is 1. The summed E-state index contributed by atoms with van der Waals surface area (Å²) in [5, 5.41) is 9.99. The smallest absolute Gasteiger partial charge is 0.226 e. The van der Waals surface area contributed by atoms with E-state index in [1.54, 1.807) is 18.2 Å². The van der Waals surface area contributed by atoms with Gasteiger partial charge < -0.3 is 14.7 Å². The summed E-state index contributed by atoms with van der Waals surface area (Å²) in [6, 6.07) is 6.47. The van der Waals surface area contributed by atoms with Gasteiger partial charge in [-0.3, -0.25) is 9.69 Å². The van der Waals surface area contributed by atoms with Crippen molar-refractivity contribution in [2.45, 2.75) is 37.8 Å². The van der Waals surface area contributed by atoms with Crippen LogP contribution in [0.1, 0.15) is 25.7 Å². The van der Waals surface area contributed by atoms with E-state index in [2.05, 4.69) is 4.90 Å². The van der Waals surface area contributed by atoms with E-state index in [4.69, 9.17) is 4.74 Å². The fourth-order valence-corrected chi connectivity index (χ4v) is 3.62. The molecule has 1 aliphatic heterocycles. The normalized spacial score (nSPS) is 25.0. The summed E-state index contributed by atoms with van der Waals surface area (Å²) in [5.74, 6) is -0.183. The van der Waals surface area contributed by atoms with Crippen LogP contribution in [0.4, 0.5) is 4.39 Å². The molecule has 1 saturated carbocycles. The lowest BCUT2D eigenvalue weighted by atomic mass is 10.1. The van der Waals surface area contributed by atoms with Crippen LogP contribution >= 0.6 is 0 Å². The van der Waals surface area contributed by atoms with Crippen molar-refractivity contribution in [3.63, 3.8) is 0 Å². The van der Waals surface area contributed by atoms with Crippen molar-refractivity contribution in [1.29, 1.82) is 0 Å². The summed E-state index contributed by atoms with van der Waals surface area (Å²) in [7, 11) is 0. The number of aliphatic hydroxyl groups excluding tert-OH is 1. The number of ether oxygens (including phenoxy) is 1. The fraction of sp³-hybridized carbons (Fsp3) is 0.611. The Balaban J connectivity index is 1.40. The molecule has 1 heterocycles. The molecule has 0 bridgehead atoms. The lowest BCUT2D eigenvalue weighted by Crippen LogP contribution is -2.53. The van der Waals surface area contributed by atoms with Gasteiger partial charge in [0.15, 0.2) is 11.6 Å². The molecule has 6 heteroatoms. The van der Waals surface area contributed by atoms with Crippen molar-refractivity contribution >= 4 is 5.91 Å². The number of rotatable bonds is 5. The van der Waals surface area contributed by atoms with Gasteiger partial charge in [0.2, 0.25) is 5.91 Å². The van der Waals surface area contributed by atoms with E-state index >= 15 is 0 Å². The zero-order valence-electron chi connectivity index (χ0n) is 13.9. The molecule has 0 spiro atoms. The van der Waals surface area contributed by atoms with Crippen molar-refractivity contribution in [2.75, 3.05) is 32.8 Å². The summed E-state index contributed by atoms with van der Waals surface area (Å²) in [5.41, 5.74) is 0. The van der Waals surface area contributed by atoms with Crippen LogP contribution in [0.3, 0.4) is 0 Å².